The van der Waals surface area contributed by atoms with Crippen molar-refractivity contribution < 1.29 is 4.52 Å². The van der Waals surface area contributed by atoms with Crippen LogP contribution >= 0.6 is 0 Å². The maximum Gasteiger partial charge on any atom is 0.266 e. The van der Waals surface area contributed by atoms with E-state index in [4.69, 9.17) is 4.52 Å². The van der Waals surface area contributed by atoms with E-state index in [0.717, 1.165) is 44.2 Å². The fraction of sp³-hybridized carbons (Fsp3) is 0.550. The van der Waals surface area contributed by atoms with Crippen LogP contribution in [0, 0.1) is 5.92 Å². The third-order valence-electron chi connectivity index (χ3n) is 6.03. The summed E-state index contributed by atoms with van der Waals surface area (Å²) in [5.74, 6) is 3.16. The molecule has 1 saturated heterocycles. The van der Waals surface area contributed by atoms with Gasteiger partial charge in [0, 0.05) is 30.9 Å². The van der Waals surface area contributed by atoms with Crippen molar-refractivity contribution in [3.63, 3.8) is 0 Å². The topological polar surface area (TPSA) is 94.9 Å². The molecule has 5 rings (SSSR count). The highest BCUT2D eigenvalue weighted by atomic mass is 16.5. The standard InChI is InChI=1S/C20H25N7O2/c28-19-6-5-18(26-10-2-9-21-26)23-27(19)13-15-7-11-25(12-8-15)14-17-22-20(29-24-17)16-3-1-4-16/h2,5-6,9-10,15-16H,1,3-4,7-8,11-14H2. The maximum atomic E-state index is 12.2. The van der Waals surface area contributed by atoms with Gasteiger partial charge in [0.25, 0.3) is 5.56 Å². The highest BCUT2D eigenvalue weighted by molar-refractivity contribution is 5.17. The first-order valence-corrected chi connectivity index (χ1v) is 10.4. The van der Waals surface area contributed by atoms with Gasteiger partial charge in [-0.25, -0.2) is 9.36 Å². The van der Waals surface area contributed by atoms with Gasteiger partial charge in [-0.2, -0.15) is 10.1 Å². The van der Waals surface area contributed by atoms with Gasteiger partial charge in [-0.1, -0.05) is 11.6 Å². The molecule has 9 nitrogen and oxygen atoms in total. The normalized spacial score (nSPS) is 18.8. The van der Waals surface area contributed by atoms with Crippen LogP contribution in [0.4, 0.5) is 0 Å². The van der Waals surface area contributed by atoms with Crippen LogP contribution in [0.15, 0.2) is 39.9 Å². The van der Waals surface area contributed by atoms with E-state index in [9.17, 15) is 4.79 Å². The highest BCUT2D eigenvalue weighted by Gasteiger charge is 2.26. The third kappa shape index (κ3) is 4.00. The molecule has 9 heteroatoms. The molecule has 0 atom stereocenters. The monoisotopic (exact) mass is 395 g/mol. The number of hydrogen-bond acceptors (Lipinski definition) is 7. The Kier molecular flexibility index (Phi) is 4.97. The smallest absolute Gasteiger partial charge is 0.266 e. The fourth-order valence-electron chi connectivity index (χ4n) is 4.02. The summed E-state index contributed by atoms with van der Waals surface area (Å²) in [4.78, 5) is 19.2. The molecule has 0 unspecified atom stereocenters. The predicted molar refractivity (Wildman–Crippen MR) is 105 cm³/mol. The summed E-state index contributed by atoms with van der Waals surface area (Å²) in [5.41, 5.74) is -0.0707. The Labute approximate surface area is 168 Å². The number of hydrogen-bond donors (Lipinski definition) is 0. The van der Waals surface area contributed by atoms with Gasteiger partial charge >= 0.3 is 0 Å². The average molecular weight is 395 g/mol. The number of piperidine rings is 1. The van der Waals surface area contributed by atoms with Crippen molar-refractivity contribution in [2.24, 2.45) is 5.92 Å². The number of likely N-dealkylation sites (tertiary alicyclic amines) is 1. The van der Waals surface area contributed by atoms with E-state index in [1.807, 2.05) is 12.3 Å². The first-order valence-electron chi connectivity index (χ1n) is 10.4. The molecule has 1 aliphatic carbocycles. The van der Waals surface area contributed by atoms with Gasteiger partial charge in [-0.05, 0) is 56.8 Å². The molecule has 152 valence electrons. The number of rotatable bonds is 6. The van der Waals surface area contributed by atoms with Crippen molar-refractivity contribution in [1.82, 2.24) is 34.6 Å². The molecule has 0 amide bonds. The first kappa shape index (κ1) is 18.2. The molecule has 29 heavy (non-hydrogen) atoms. The Bertz CT molecular complexity index is 998. The summed E-state index contributed by atoms with van der Waals surface area (Å²) in [6.07, 6.45) is 9.17. The number of aromatic nitrogens is 6. The Hall–Kier alpha value is -2.81. The van der Waals surface area contributed by atoms with E-state index in [2.05, 4.69) is 25.2 Å². The van der Waals surface area contributed by atoms with Crippen molar-refractivity contribution in [3.8, 4) is 5.82 Å². The first-order chi connectivity index (χ1) is 14.2. The van der Waals surface area contributed by atoms with Gasteiger partial charge in [0.05, 0.1) is 6.54 Å². The van der Waals surface area contributed by atoms with Gasteiger partial charge in [0.2, 0.25) is 5.89 Å². The summed E-state index contributed by atoms with van der Waals surface area (Å²) in [5, 5.41) is 12.8. The van der Waals surface area contributed by atoms with Gasteiger partial charge in [-0.15, -0.1) is 5.10 Å². The van der Waals surface area contributed by atoms with Gasteiger partial charge in [0.1, 0.15) is 0 Å². The molecular formula is C20H25N7O2. The Balaban J connectivity index is 1.16. The lowest BCUT2D eigenvalue weighted by molar-refractivity contribution is 0.159. The second-order valence-corrected chi connectivity index (χ2v) is 8.06. The van der Waals surface area contributed by atoms with E-state index in [0.29, 0.717) is 24.2 Å². The third-order valence-corrected chi connectivity index (χ3v) is 6.03. The van der Waals surface area contributed by atoms with Crippen LogP contribution in [-0.4, -0.2) is 47.7 Å². The zero-order chi connectivity index (χ0) is 19.6. The summed E-state index contributed by atoms with van der Waals surface area (Å²) >= 11 is 0. The van der Waals surface area contributed by atoms with E-state index in [1.165, 1.54) is 19.3 Å². The summed E-state index contributed by atoms with van der Waals surface area (Å²) in [6.45, 7) is 3.29. The molecule has 2 fully saturated rings. The van der Waals surface area contributed by atoms with Crippen molar-refractivity contribution >= 4 is 0 Å². The molecule has 2 aliphatic rings. The molecular weight excluding hydrogens is 370 g/mol. The number of nitrogens with zero attached hydrogens (tertiary/aromatic N) is 7. The lowest BCUT2D eigenvalue weighted by atomic mass is 9.85. The zero-order valence-electron chi connectivity index (χ0n) is 16.4. The molecule has 0 bridgehead atoms. The van der Waals surface area contributed by atoms with Crippen molar-refractivity contribution in [2.45, 2.75) is 51.1 Å². The summed E-state index contributed by atoms with van der Waals surface area (Å²) in [7, 11) is 0. The average Bonchev–Trinajstić information content (AvgIpc) is 3.36. The Morgan fingerprint density at radius 2 is 2.00 bits per heavy atom. The SMILES string of the molecule is O=c1ccc(-n2cccn2)nn1CC1CCN(Cc2noc(C3CCC3)n2)CC1. The lowest BCUT2D eigenvalue weighted by Crippen LogP contribution is -2.36. The van der Waals surface area contributed by atoms with Crippen LogP contribution in [0.5, 0.6) is 0 Å². The van der Waals surface area contributed by atoms with Crippen LogP contribution in [0.3, 0.4) is 0 Å². The molecule has 0 N–H and O–H groups in total. The lowest BCUT2D eigenvalue weighted by Gasteiger charge is -2.31. The Morgan fingerprint density at radius 1 is 1.14 bits per heavy atom. The minimum atomic E-state index is -0.0707. The molecule has 4 heterocycles. The van der Waals surface area contributed by atoms with E-state index >= 15 is 0 Å². The fourth-order valence-corrected chi connectivity index (χ4v) is 4.02. The summed E-state index contributed by atoms with van der Waals surface area (Å²) < 4.78 is 8.66. The van der Waals surface area contributed by atoms with Crippen molar-refractivity contribution in [1.29, 1.82) is 0 Å². The van der Waals surface area contributed by atoms with Gasteiger partial charge < -0.3 is 4.52 Å². The minimum Gasteiger partial charge on any atom is -0.339 e. The van der Waals surface area contributed by atoms with Crippen LogP contribution in [0.25, 0.3) is 5.82 Å². The quantitative estimate of drug-likeness (QED) is 0.630. The van der Waals surface area contributed by atoms with Crippen LogP contribution in [0.2, 0.25) is 0 Å². The van der Waals surface area contributed by atoms with Crippen molar-refractivity contribution in [3.05, 3.63) is 52.7 Å². The van der Waals surface area contributed by atoms with E-state index in [1.54, 1.807) is 27.7 Å². The molecule has 1 saturated carbocycles. The van der Waals surface area contributed by atoms with Gasteiger partial charge in [-0.3, -0.25) is 9.69 Å². The minimum absolute atomic E-state index is 0.0707. The molecule has 0 aromatic carbocycles. The van der Waals surface area contributed by atoms with E-state index < -0.39 is 0 Å². The Morgan fingerprint density at radius 3 is 2.72 bits per heavy atom. The van der Waals surface area contributed by atoms with Crippen LogP contribution < -0.4 is 5.56 Å². The maximum absolute atomic E-state index is 12.2. The second kappa shape index (κ2) is 7.90. The van der Waals surface area contributed by atoms with E-state index in [-0.39, 0.29) is 5.56 Å². The molecule has 0 radical (unpaired) electrons. The highest BCUT2D eigenvalue weighted by Crippen LogP contribution is 2.35. The molecule has 3 aromatic rings. The summed E-state index contributed by atoms with van der Waals surface area (Å²) in [6, 6.07) is 5.11. The predicted octanol–water partition coefficient (Wildman–Crippen LogP) is 1.99. The second-order valence-electron chi connectivity index (χ2n) is 8.06. The molecule has 0 spiro atoms. The molecule has 3 aromatic heterocycles. The van der Waals surface area contributed by atoms with Crippen LogP contribution in [0.1, 0.15) is 49.7 Å². The van der Waals surface area contributed by atoms with Crippen molar-refractivity contribution in [2.75, 3.05) is 13.1 Å². The van der Waals surface area contributed by atoms with Crippen LogP contribution in [-0.2, 0) is 13.1 Å². The molecule has 1 aliphatic heterocycles. The van der Waals surface area contributed by atoms with Gasteiger partial charge in [0.15, 0.2) is 11.6 Å². The largest absolute Gasteiger partial charge is 0.339 e. The zero-order valence-corrected chi connectivity index (χ0v) is 16.4.